The van der Waals surface area contributed by atoms with Crippen molar-refractivity contribution in [1.82, 2.24) is 4.90 Å². The lowest BCUT2D eigenvalue weighted by Crippen LogP contribution is -2.49. The fourth-order valence-corrected chi connectivity index (χ4v) is 2.76. The molecule has 19 heavy (non-hydrogen) atoms. The van der Waals surface area contributed by atoms with E-state index in [2.05, 4.69) is 6.92 Å². The molecule has 2 N–H and O–H groups in total. The molecule has 1 aromatic rings. The molecule has 2 rings (SSSR count). The number of hydrogen-bond donors (Lipinski definition) is 1. The molecular formula is C15H21ClN2O. The maximum absolute atomic E-state index is 12.5. The zero-order valence-electron chi connectivity index (χ0n) is 11.5. The van der Waals surface area contributed by atoms with Crippen molar-refractivity contribution in [1.29, 1.82) is 0 Å². The first-order valence-corrected chi connectivity index (χ1v) is 7.21. The van der Waals surface area contributed by atoms with Gasteiger partial charge in [0.05, 0.1) is 0 Å². The molecular weight excluding hydrogens is 260 g/mol. The Kier molecular flexibility index (Phi) is 4.48. The van der Waals surface area contributed by atoms with Gasteiger partial charge in [0.25, 0.3) is 5.91 Å². The number of amides is 1. The van der Waals surface area contributed by atoms with E-state index in [9.17, 15) is 4.79 Å². The van der Waals surface area contributed by atoms with Crippen molar-refractivity contribution in [3.8, 4) is 0 Å². The van der Waals surface area contributed by atoms with Crippen LogP contribution >= 0.6 is 11.6 Å². The van der Waals surface area contributed by atoms with Gasteiger partial charge in [-0.05, 0) is 37.0 Å². The normalized spacial score (nSPS) is 23.5. The summed E-state index contributed by atoms with van der Waals surface area (Å²) in [6.45, 7) is 5.55. The van der Waals surface area contributed by atoms with Crippen LogP contribution in [0.25, 0.3) is 0 Å². The van der Waals surface area contributed by atoms with Crippen LogP contribution in [0.1, 0.15) is 35.7 Å². The number of piperidine rings is 1. The fourth-order valence-electron chi connectivity index (χ4n) is 2.58. The number of likely N-dealkylation sites (tertiary alicyclic amines) is 1. The third kappa shape index (κ3) is 3.10. The van der Waals surface area contributed by atoms with Gasteiger partial charge >= 0.3 is 0 Å². The summed E-state index contributed by atoms with van der Waals surface area (Å²) in [4.78, 5) is 14.4. The molecule has 3 nitrogen and oxygen atoms in total. The number of benzene rings is 1. The maximum Gasteiger partial charge on any atom is 0.253 e. The SMILES string of the molecule is CCC1CN(C(=O)c2ccc(C)c(Cl)c2)CCC1N. The highest BCUT2D eigenvalue weighted by atomic mass is 35.5. The molecule has 1 fully saturated rings. The first-order valence-electron chi connectivity index (χ1n) is 6.84. The molecule has 0 aliphatic carbocycles. The molecule has 0 aromatic heterocycles. The third-order valence-electron chi connectivity index (χ3n) is 4.02. The van der Waals surface area contributed by atoms with Gasteiger partial charge in [-0.1, -0.05) is 31.0 Å². The number of carbonyl (C=O) groups excluding carboxylic acids is 1. The van der Waals surface area contributed by atoms with Crippen LogP contribution in [0, 0.1) is 12.8 Å². The highest BCUT2D eigenvalue weighted by Gasteiger charge is 2.28. The molecule has 1 amide bonds. The van der Waals surface area contributed by atoms with Gasteiger partial charge in [-0.3, -0.25) is 4.79 Å². The van der Waals surface area contributed by atoms with Gasteiger partial charge in [0.15, 0.2) is 0 Å². The lowest BCUT2D eigenvalue weighted by Gasteiger charge is -2.36. The van der Waals surface area contributed by atoms with Gasteiger partial charge in [0.1, 0.15) is 0 Å². The highest BCUT2D eigenvalue weighted by molar-refractivity contribution is 6.31. The molecule has 1 saturated heterocycles. The Bertz CT molecular complexity index is 475. The third-order valence-corrected chi connectivity index (χ3v) is 4.43. The minimum Gasteiger partial charge on any atom is -0.338 e. The summed E-state index contributed by atoms with van der Waals surface area (Å²) in [5.41, 5.74) is 7.73. The van der Waals surface area contributed by atoms with Crippen LogP contribution in [-0.4, -0.2) is 29.9 Å². The number of rotatable bonds is 2. The van der Waals surface area contributed by atoms with E-state index in [1.807, 2.05) is 24.0 Å². The van der Waals surface area contributed by atoms with E-state index in [1.54, 1.807) is 6.07 Å². The Balaban J connectivity index is 2.13. The summed E-state index contributed by atoms with van der Waals surface area (Å²) in [6.07, 6.45) is 1.89. The maximum atomic E-state index is 12.5. The van der Waals surface area contributed by atoms with E-state index < -0.39 is 0 Å². The Morgan fingerprint density at radius 3 is 2.89 bits per heavy atom. The van der Waals surface area contributed by atoms with Crippen LogP contribution in [0.15, 0.2) is 18.2 Å². The second-order valence-corrected chi connectivity index (χ2v) is 5.74. The van der Waals surface area contributed by atoms with Crippen LogP contribution in [0.2, 0.25) is 5.02 Å². The quantitative estimate of drug-likeness (QED) is 0.905. The van der Waals surface area contributed by atoms with Crippen molar-refractivity contribution >= 4 is 17.5 Å². The lowest BCUT2D eigenvalue weighted by atomic mass is 9.90. The monoisotopic (exact) mass is 280 g/mol. The number of carbonyl (C=O) groups is 1. The predicted octanol–water partition coefficient (Wildman–Crippen LogP) is 2.85. The smallest absolute Gasteiger partial charge is 0.253 e. The summed E-state index contributed by atoms with van der Waals surface area (Å²) < 4.78 is 0. The Labute approximate surface area is 119 Å². The minimum absolute atomic E-state index is 0.0623. The zero-order valence-corrected chi connectivity index (χ0v) is 12.3. The first kappa shape index (κ1) is 14.4. The van der Waals surface area contributed by atoms with Gasteiger partial charge in [-0.25, -0.2) is 0 Å². The summed E-state index contributed by atoms with van der Waals surface area (Å²) in [5, 5.41) is 0.645. The van der Waals surface area contributed by atoms with E-state index in [0.717, 1.165) is 31.5 Å². The average molecular weight is 281 g/mol. The van der Waals surface area contributed by atoms with Gasteiger partial charge in [-0.2, -0.15) is 0 Å². The lowest BCUT2D eigenvalue weighted by molar-refractivity contribution is 0.0649. The van der Waals surface area contributed by atoms with Crippen molar-refractivity contribution in [2.75, 3.05) is 13.1 Å². The zero-order chi connectivity index (χ0) is 14.0. The topological polar surface area (TPSA) is 46.3 Å². The first-order chi connectivity index (χ1) is 9.02. The van der Waals surface area contributed by atoms with Crippen LogP contribution in [0.4, 0.5) is 0 Å². The Morgan fingerprint density at radius 1 is 1.53 bits per heavy atom. The average Bonchev–Trinajstić information content (AvgIpc) is 2.41. The predicted molar refractivity (Wildman–Crippen MR) is 78.5 cm³/mol. The van der Waals surface area contributed by atoms with E-state index in [0.29, 0.717) is 16.5 Å². The summed E-state index contributed by atoms with van der Waals surface area (Å²) in [6, 6.07) is 5.71. The fraction of sp³-hybridized carbons (Fsp3) is 0.533. The number of halogens is 1. The van der Waals surface area contributed by atoms with Crippen molar-refractivity contribution in [3.05, 3.63) is 34.3 Å². The summed E-state index contributed by atoms with van der Waals surface area (Å²) in [7, 11) is 0. The minimum atomic E-state index is 0.0623. The molecule has 2 unspecified atom stereocenters. The van der Waals surface area contributed by atoms with Crippen LogP contribution < -0.4 is 5.73 Å². The van der Waals surface area contributed by atoms with Gasteiger partial charge < -0.3 is 10.6 Å². The second-order valence-electron chi connectivity index (χ2n) is 5.34. The van der Waals surface area contributed by atoms with Crippen molar-refractivity contribution in [3.63, 3.8) is 0 Å². The highest BCUT2D eigenvalue weighted by Crippen LogP contribution is 2.22. The van der Waals surface area contributed by atoms with Crippen molar-refractivity contribution in [2.24, 2.45) is 11.7 Å². The molecule has 1 aromatic carbocycles. The van der Waals surface area contributed by atoms with Crippen LogP contribution in [-0.2, 0) is 0 Å². The number of hydrogen-bond acceptors (Lipinski definition) is 2. The Hall–Kier alpha value is -1.06. The molecule has 2 atom stereocenters. The molecule has 1 heterocycles. The van der Waals surface area contributed by atoms with Crippen molar-refractivity contribution in [2.45, 2.75) is 32.7 Å². The van der Waals surface area contributed by atoms with E-state index >= 15 is 0 Å². The van der Waals surface area contributed by atoms with Gasteiger partial charge in [0.2, 0.25) is 0 Å². The molecule has 0 bridgehead atoms. The standard InChI is InChI=1S/C15H21ClN2O/c1-3-11-9-18(7-6-14(11)17)15(19)12-5-4-10(2)13(16)8-12/h4-5,8,11,14H,3,6-7,9,17H2,1-2H3. The largest absolute Gasteiger partial charge is 0.338 e. The van der Waals surface area contributed by atoms with E-state index in [4.69, 9.17) is 17.3 Å². The van der Waals surface area contributed by atoms with Gasteiger partial charge in [0, 0.05) is 29.7 Å². The Morgan fingerprint density at radius 2 is 2.26 bits per heavy atom. The molecule has 0 saturated carbocycles. The molecule has 0 spiro atoms. The van der Waals surface area contributed by atoms with Crippen molar-refractivity contribution < 1.29 is 4.79 Å². The second kappa shape index (κ2) is 5.93. The van der Waals surface area contributed by atoms with Gasteiger partial charge in [-0.15, -0.1) is 0 Å². The summed E-state index contributed by atoms with van der Waals surface area (Å²) >= 11 is 6.09. The summed E-state index contributed by atoms with van der Waals surface area (Å²) in [5.74, 6) is 0.464. The number of nitrogens with two attached hydrogens (primary N) is 1. The van der Waals surface area contributed by atoms with E-state index in [-0.39, 0.29) is 11.9 Å². The molecule has 1 aliphatic rings. The number of nitrogens with zero attached hydrogens (tertiary/aromatic N) is 1. The molecule has 4 heteroatoms. The molecule has 104 valence electrons. The van der Waals surface area contributed by atoms with Crippen LogP contribution in [0.3, 0.4) is 0 Å². The molecule has 1 aliphatic heterocycles. The molecule has 0 radical (unpaired) electrons. The van der Waals surface area contributed by atoms with Crippen LogP contribution in [0.5, 0.6) is 0 Å². The van der Waals surface area contributed by atoms with E-state index in [1.165, 1.54) is 0 Å². The number of aryl methyl sites for hydroxylation is 1.